The Labute approximate surface area is 146 Å². The van der Waals surface area contributed by atoms with Gasteiger partial charge in [-0.15, -0.1) is 0 Å². The molecule has 1 amide bonds. The smallest absolute Gasteiger partial charge is 0.230 e. The molecule has 0 atom stereocenters. The Morgan fingerprint density at radius 1 is 0.920 bits per heavy atom. The number of nitrogens with one attached hydrogen (secondary N) is 1. The summed E-state index contributed by atoms with van der Waals surface area (Å²) in [5, 5.41) is 3.10. The van der Waals surface area contributed by atoms with Gasteiger partial charge in [-0.3, -0.25) is 4.79 Å². The third kappa shape index (κ3) is 2.84. The summed E-state index contributed by atoms with van der Waals surface area (Å²) in [5.41, 5.74) is 1.17. The van der Waals surface area contributed by atoms with Crippen LogP contribution >= 0.6 is 0 Å². The molecule has 2 fully saturated rings. The maximum Gasteiger partial charge on any atom is 0.230 e. The van der Waals surface area contributed by atoms with Gasteiger partial charge in [0.05, 0.1) is 5.41 Å². The molecular weight excluding hydrogens is 320 g/mol. The van der Waals surface area contributed by atoms with Crippen molar-refractivity contribution in [1.82, 2.24) is 5.32 Å². The van der Waals surface area contributed by atoms with Gasteiger partial charge in [-0.2, -0.15) is 0 Å². The monoisotopic (exact) mass is 341 g/mol. The molecule has 25 heavy (non-hydrogen) atoms. The van der Waals surface area contributed by atoms with Crippen molar-refractivity contribution in [2.75, 3.05) is 6.54 Å². The fourth-order valence-corrected chi connectivity index (χ4v) is 3.90. The third-order valence-electron chi connectivity index (χ3n) is 5.92. The van der Waals surface area contributed by atoms with E-state index in [1.807, 2.05) is 6.07 Å². The second-order valence-electron chi connectivity index (χ2n) is 7.42. The van der Waals surface area contributed by atoms with Crippen LogP contribution in [0.4, 0.5) is 8.78 Å². The maximum absolute atomic E-state index is 13.6. The van der Waals surface area contributed by atoms with Crippen LogP contribution in [0.2, 0.25) is 0 Å². The molecule has 0 spiro atoms. The number of benzene rings is 2. The first-order chi connectivity index (χ1) is 12.0. The average molecular weight is 341 g/mol. The third-order valence-corrected chi connectivity index (χ3v) is 5.92. The first-order valence-corrected chi connectivity index (χ1v) is 8.85. The van der Waals surface area contributed by atoms with Crippen molar-refractivity contribution in [3.63, 3.8) is 0 Å². The molecule has 0 aliphatic heterocycles. The van der Waals surface area contributed by atoms with Crippen LogP contribution in [-0.2, 0) is 15.6 Å². The van der Waals surface area contributed by atoms with Gasteiger partial charge in [0.1, 0.15) is 11.6 Å². The molecule has 4 rings (SSSR count). The Morgan fingerprint density at radius 3 is 2.20 bits per heavy atom. The van der Waals surface area contributed by atoms with Crippen LogP contribution in [0.3, 0.4) is 0 Å². The van der Waals surface area contributed by atoms with Crippen molar-refractivity contribution >= 4 is 5.91 Å². The molecule has 0 heterocycles. The molecule has 4 heteroatoms. The van der Waals surface area contributed by atoms with E-state index in [-0.39, 0.29) is 23.0 Å². The second kappa shape index (κ2) is 5.94. The van der Waals surface area contributed by atoms with Crippen molar-refractivity contribution in [3.05, 3.63) is 71.3 Å². The quantitative estimate of drug-likeness (QED) is 0.866. The Hall–Kier alpha value is -2.23. The lowest BCUT2D eigenvalue weighted by Gasteiger charge is -2.41. The van der Waals surface area contributed by atoms with Gasteiger partial charge in [0.2, 0.25) is 5.91 Å². The van der Waals surface area contributed by atoms with Crippen molar-refractivity contribution in [2.24, 2.45) is 0 Å². The molecule has 0 saturated heterocycles. The molecule has 2 aliphatic rings. The normalized spacial score (nSPS) is 19.8. The zero-order valence-electron chi connectivity index (χ0n) is 14.0. The summed E-state index contributed by atoms with van der Waals surface area (Å²) < 4.78 is 26.7. The van der Waals surface area contributed by atoms with Gasteiger partial charge < -0.3 is 5.32 Å². The van der Waals surface area contributed by atoms with Gasteiger partial charge >= 0.3 is 0 Å². The number of carbonyl (C=O) groups is 1. The van der Waals surface area contributed by atoms with Crippen LogP contribution in [0.5, 0.6) is 0 Å². The summed E-state index contributed by atoms with van der Waals surface area (Å²) in [6.45, 7) is 0.550. The fraction of sp³-hybridized carbons (Fsp3) is 0.381. The molecular formula is C21H21F2NO. The van der Waals surface area contributed by atoms with E-state index in [2.05, 4.69) is 5.32 Å². The van der Waals surface area contributed by atoms with E-state index in [9.17, 15) is 13.6 Å². The van der Waals surface area contributed by atoms with Crippen molar-refractivity contribution in [2.45, 2.75) is 42.9 Å². The molecule has 2 aromatic carbocycles. The zero-order chi connectivity index (χ0) is 17.5. The summed E-state index contributed by atoms with van der Waals surface area (Å²) in [6, 6.07) is 12.9. The molecule has 1 N–H and O–H groups in total. The van der Waals surface area contributed by atoms with E-state index in [0.29, 0.717) is 6.54 Å². The van der Waals surface area contributed by atoms with Crippen molar-refractivity contribution in [1.29, 1.82) is 0 Å². The van der Waals surface area contributed by atoms with Gasteiger partial charge in [0.15, 0.2) is 0 Å². The number of hydrogen-bond acceptors (Lipinski definition) is 1. The minimum atomic E-state index is -0.596. The first-order valence-electron chi connectivity index (χ1n) is 8.85. The van der Waals surface area contributed by atoms with E-state index in [4.69, 9.17) is 0 Å². The maximum atomic E-state index is 13.6. The number of carbonyl (C=O) groups excluding carboxylic acids is 1. The van der Waals surface area contributed by atoms with E-state index in [1.165, 1.54) is 24.3 Å². The lowest BCUT2D eigenvalue weighted by Crippen LogP contribution is -2.50. The summed E-state index contributed by atoms with van der Waals surface area (Å²) in [6.07, 6.45) is 4.47. The SMILES string of the molecule is O=C(NCC1(c2ccc(F)cc2)CC1)C1(c2cccc(F)c2)CCC1. The molecule has 2 aromatic rings. The summed E-state index contributed by atoms with van der Waals surface area (Å²) in [7, 11) is 0. The van der Waals surface area contributed by atoms with Crippen molar-refractivity contribution in [3.8, 4) is 0 Å². The molecule has 0 bridgehead atoms. The predicted molar refractivity (Wildman–Crippen MR) is 92.3 cm³/mol. The molecule has 130 valence electrons. The number of halogens is 2. The Bertz CT molecular complexity index is 792. The Balaban J connectivity index is 1.49. The van der Waals surface area contributed by atoms with Crippen LogP contribution < -0.4 is 5.32 Å². The van der Waals surface area contributed by atoms with E-state index < -0.39 is 5.41 Å². The van der Waals surface area contributed by atoms with E-state index in [1.54, 1.807) is 18.2 Å². The van der Waals surface area contributed by atoms with E-state index in [0.717, 1.165) is 43.2 Å². The van der Waals surface area contributed by atoms with Crippen LogP contribution in [0.25, 0.3) is 0 Å². The lowest BCUT2D eigenvalue weighted by molar-refractivity contribution is -0.130. The molecule has 0 radical (unpaired) electrons. The fourth-order valence-electron chi connectivity index (χ4n) is 3.90. The number of amides is 1. The summed E-state index contributed by atoms with van der Waals surface area (Å²) in [4.78, 5) is 12.9. The van der Waals surface area contributed by atoms with Gasteiger partial charge in [0.25, 0.3) is 0 Å². The van der Waals surface area contributed by atoms with Crippen LogP contribution in [0, 0.1) is 11.6 Å². The largest absolute Gasteiger partial charge is 0.354 e. The summed E-state index contributed by atoms with van der Waals surface area (Å²) in [5.74, 6) is -0.567. The van der Waals surface area contributed by atoms with Crippen LogP contribution in [-0.4, -0.2) is 12.5 Å². The van der Waals surface area contributed by atoms with Crippen LogP contribution in [0.1, 0.15) is 43.2 Å². The molecule has 2 nitrogen and oxygen atoms in total. The van der Waals surface area contributed by atoms with Gasteiger partial charge in [-0.1, -0.05) is 30.7 Å². The van der Waals surface area contributed by atoms with Gasteiger partial charge in [-0.25, -0.2) is 8.78 Å². The summed E-state index contributed by atoms with van der Waals surface area (Å²) >= 11 is 0. The van der Waals surface area contributed by atoms with Gasteiger partial charge in [-0.05, 0) is 61.1 Å². The molecule has 2 aliphatic carbocycles. The molecule has 2 saturated carbocycles. The topological polar surface area (TPSA) is 29.1 Å². The minimum Gasteiger partial charge on any atom is -0.354 e. The van der Waals surface area contributed by atoms with Crippen LogP contribution in [0.15, 0.2) is 48.5 Å². The van der Waals surface area contributed by atoms with E-state index >= 15 is 0 Å². The highest BCUT2D eigenvalue weighted by molar-refractivity contribution is 5.89. The van der Waals surface area contributed by atoms with Crippen molar-refractivity contribution < 1.29 is 13.6 Å². The second-order valence-corrected chi connectivity index (χ2v) is 7.42. The predicted octanol–water partition coefficient (Wildman–Crippen LogP) is 4.23. The highest BCUT2D eigenvalue weighted by atomic mass is 19.1. The Kier molecular flexibility index (Phi) is 3.86. The Morgan fingerprint density at radius 2 is 1.64 bits per heavy atom. The minimum absolute atomic E-state index is 0.0160. The highest BCUT2D eigenvalue weighted by Gasteiger charge is 2.48. The standard InChI is InChI=1S/C21H21F2NO/c22-17-7-5-15(6-8-17)20(11-12-20)14-24-19(25)21(9-2-10-21)16-3-1-4-18(23)13-16/h1,3-8,13H,2,9-12,14H2,(H,24,25). The average Bonchev–Trinajstić information content (AvgIpc) is 3.34. The molecule has 0 unspecified atom stereocenters. The lowest BCUT2D eigenvalue weighted by atomic mass is 9.63. The number of rotatable bonds is 5. The highest BCUT2D eigenvalue weighted by Crippen LogP contribution is 2.48. The zero-order valence-corrected chi connectivity index (χ0v) is 14.0. The van der Waals surface area contributed by atoms with Gasteiger partial charge in [0, 0.05) is 12.0 Å². The first kappa shape index (κ1) is 16.2. The molecule has 0 aromatic heterocycles. The number of hydrogen-bond donors (Lipinski definition) is 1.